The molecule has 0 aromatic heterocycles. The molecule has 0 saturated carbocycles. The Morgan fingerprint density at radius 2 is 2.15 bits per heavy atom. The van der Waals surface area contributed by atoms with Gasteiger partial charge < -0.3 is 11.1 Å². The SMILES string of the molecule is CCSCCC(C)NC(=O)[C@H](C)N. The second kappa shape index (κ2) is 7.21. The van der Waals surface area contributed by atoms with E-state index in [0.29, 0.717) is 0 Å². The third-order valence-electron chi connectivity index (χ3n) is 1.70. The minimum absolute atomic E-state index is 0.0611. The monoisotopic (exact) mass is 204 g/mol. The Hall–Kier alpha value is -0.220. The Balaban J connectivity index is 3.50. The highest BCUT2D eigenvalue weighted by Gasteiger charge is 2.10. The van der Waals surface area contributed by atoms with Crippen LogP contribution in [0.4, 0.5) is 0 Å². The van der Waals surface area contributed by atoms with Gasteiger partial charge in [-0.15, -0.1) is 0 Å². The predicted molar refractivity (Wildman–Crippen MR) is 58.9 cm³/mol. The Morgan fingerprint density at radius 1 is 1.54 bits per heavy atom. The van der Waals surface area contributed by atoms with Crippen LogP contribution in [0.15, 0.2) is 0 Å². The van der Waals surface area contributed by atoms with E-state index in [1.54, 1.807) is 6.92 Å². The van der Waals surface area contributed by atoms with Gasteiger partial charge in [-0.25, -0.2) is 0 Å². The maximum Gasteiger partial charge on any atom is 0.236 e. The molecule has 0 aromatic carbocycles. The van der Waals surface area contributed by atoms with Gasteiger partial charge in [0, 0.05) is 6.04 Å². The molecule has 0 saturated heterocycles. The van der Waals surface area contributed by atoms with Crippen molar-refractivity contribution in [3.8, 4) is 0 Å². The number of nitrogens with one attached hydrogen (secondary N) is 1. The van der Waals surface area contributed by atoms with E-state index < -0.39 is 6.04 Å². The van der Waals surface area contributed by atoms with Crippen LogP contribution in [0, 0.1) is 0 Å². The summed E-state index contributed by atoms with van der Waals surface area (Å²) < 4.78 is 0. The van der Waals surface area contributed by atoms with Gasteiger partial charge in [0.2, 0.25) is 5.91 Å². The molecule has 0 bridgehead atoms. The summed E-state index contributed by atoms with van der Waals surface area (Å²) in [4.78, 5) is 11.1. The third kappa shape index (κ3) is 6.90. The number of hydrogen-bond donors (Lipinski definition) is 2. The molecule has 0 aliphatic heterocycles. The minimum atomic E-state index is -0.402. The summed E-state index contributed by atoms with van der Waals surface area (Å²) in [5.41, 5.74) is 5.42. The first-order valence-electron chi connectivity index (χ1n) is 4.71. The lowest BCUT2D eigenvalue weighted by atomic mass is 10.2. The van der Waals surface area contributed by atoms with E-state index in [0.717, 1.165) is 17.9 Å². The second-order valence-corrected chi connectivity index (χ2v) is 4.58. The summed E-state index contributed by atoms with van der Waals surface area (Å²) in [5, 5.41) is 2.86. The lowest BCUT2D eigenvalue weighted by Gasteiger charge is -2.14. The van der Waals surface area contributed by atoms with Crippen LogP contribution in [0.3, 0.4) is 0 Å². The Morgan fingerprint density at radius 3 is 2.62 bits per heavy atom. The van der Waals surface area contributed by atoms with Crippen molar-refractivity contribution in [2.75, 3.05) is 11.5 Å². The molecular weight excluding hydrogens is 184 g/mol. The van der Waals surface area contributed by atoms with Gasteiger partial charge in [-0.3, -0.25) is 4.79 Å². The first-order chi connectivity index (χ1) is 6.07. The molecule has 1 unspecified atom stereocenters. The van der Waals surface area contributed by atoms with E-state index in [1.165, 1.54) is 0 Å². The number of amides is 1. The standard InChI is InChI=1S/C9H20N2OS/c1-4-13-6-5-7(2)11-9(12)8(3)10/h7-8H,4-6,10H2,1-3H3,(H,11,12)/t7?,8-/m0/s1. The molecule has 0 aliphatic carbocycles. The lowest BCUT2D eigenvalue weighted by molar-refractivity contribution is -0.122. The molecule has 0 heterocycles. The van der Waals surface area contributed by atoms with Crippen LogP contribution in [0.1, 0.15) is 27.2 Å². The van der Waals surface area contributed by atoms with Gasteiger partial charge in [0.1, 0.15) is 0 Å². The van der Waals surface area contributed by atoms with E-state index in [9.17, 15) is 4.79 Å². The van der Waals surface area contributed by atoms with Gasteiger partial charge in [-0.05, 0) is 31.8 Å². The first kappa shape index (κ1) is 12.8. The third-order valence-corrected chi connectivity index (χ3v) is 2.63. The van der Waals surface area contributed by atoms with E-state index in [2.05, 4.69) is 12.2 Å². The summed E-state index contributed by atoms with van der Waals surface area (Å²) in [6.07, 6.45) is 1.01. The molecule has 1 amide bonds. The van der Waals surface area contributed by atoms with Gasteiger partial charge in [-0.1, -0.05) is 6.92 Å². The van der Waals surface area contributed by atoms with Gasteiger partial charge in [0.05, 0.1) is 6.04 Å². The average Bonchev–Trinajstić information content (AvgIpc) is 2.04. The molecule has 0 aliphatic rings. The smallest absolute Gasteiger partial charge is 0.236 e. The van der Waals surface area contributed by atoms with Crippen molar-refractivity contribution in [3.63, 3.8) is 0 Å². The fourth-order valence-corrected chi connectivity index (χ4v) is 1.66. The average molecular weight is 204 g/mol. The van der Waals surface area contributed by atoms with Crippen LogP contribution in [0.5, 0.6) is 0 Å². The Kier molecular flexibility index (Phi) is 7.09. The molecule has 78 valence electrons. The number of thioether (sulfide) groups is 1. The highest BCUT2D eigenvalue weighted by molar-refractivity contribution is 7.99. The maximum absolute atomic E-state index is 11.1. The number of nitrogens with two attached hydrogens (primary N) is 1. The molecule has 0 spiro atoms. The lowest BCUT2D eigenvalue weighted by Crippen LogP contribution is -2.42. The second-order valence-electron chi connectivity index (χ2n) is 3.18. The highest BCUT2D eigenvalue weighted by Crippen LogP contribution is 2.03. The van der Waals surface area contributed by atoms with Crippen molar-refractivity contribution in [2.24, 2.45) is 5.73 Å². The van der Waals surface area contributed by atoms with Gasteiger partial charge in [0.15, 0.2) is 0 Å². The summed E-state index contributed by atoms with van der Waals surface area (Å²) >= 11 is 1.89. The van der Waals surface area contributed by atoms with Crippen LogP contribution in [0.25, 0.3) is 0 Å². The molecule has 2 atom stereocenters. The van der Waals surface area contributed by atoms with Crippen molar-refractivity contribution < 1.29 is 4.79 Å². The largest absolute Gasteiger partial charge is 0.352 e. The fourth-order valence-electron chi connectivity index (χ4n) is 0.851. The zero-order valence-corrected chi connectivity index (χ0v) is 9.49. The van der Waals surface area contributed by atoms with Crippen LogP contribution in [-0.4, -0.2) is 29.5 Å². The quantitative estimate of drug-likeness (QED) is 0.634. The number of hydrogen-bond acceptors (Lipinski definition) is 3. The molecule has 0 radical (unpaired) electrons. The molecule has 13 heavy (non-hydrogen) atoms. The number of carbonyl (C=O) groups is 1. The Bertz CT molecular complexity index is 151. The number of carbonyl (C=O) groups excluding carboxylic acids is 1. The molecular formula is C9H20N2OS. The predicted octanol–water partition coefficient (Wildman–Crippen LogP) is 0.981. The summed E-state index contributed by atoms with van der Waals surface area (Å²) in [6.45, 7) is 5.84. The molecule has 0 fully saturated rings. The van der Waals surface area contributed by atoms with Crippen molar-refractivity contribution in [3.05, 3.63) is 0 Å². The van der Waals surface area contributed by atoms with Crippen molar-refractivity contribution >= 4 is 17.7 Å². The van der Waals surface area contributed by atoms with E-state index in [4.69, 9.17) is 5.73 Å². The maximum atomic E-state index is 11.1. The summed E-state index contributed by atoms with van der Waals surface area (Å²) in [7, 11) is 0. The molecule has 3 nitrogen and oxygen atoms in total. The van der Waals surface area contributed by atoms with Crippen LogP contribution in [-0.2, 0) is 4.79 Å². The van der Waals surface area contributed by atoms with Crippen molar-refractivity contribution in [1.29, 1.82) is 0 Å². The summed E-state index contributed by atoms with van der Waals surface area (Å²) in [5.74, 6) is 2.17. The molecule has 4 heteroatoms. The van der Waals surface area contributed by atoms with Crippen LogP contribution < -0.4 is 11.1 Å². The van der Waals surface area contributed by atoms with E-state index >= 15 is 0 Å². The zero-order chi connectivity index (χ0) is 10.3. The van der Waals surface area contributed by atoms with Gasteiger partial charge in [-0.2, -0.15) is 11.8 Å². The normalized spacial score (nSPS) is 15.1. The molecule has 0 aromatic rings. The Labute approximate surface area is 84.8 Å². The van der Waals surface area contributed by atoms with Crippen molar-refractivity contribution in [1.82, 2.24) is 5.32 Å². The molecule has 3 N–H and O–H groups in total. The molecule has 0 rings (SSSR count). The van der Waals surface area contributed by atoms with E-state index in [1.807, 2.05) is 18.7 Å². The van der Waals surface area contributed by atoms with Gasteiger partial charge in [0.25, 0.3) is 0 Å². The van der Waals surface area contributed by atoms with Crippen LogP contribution in [0.2, 0.25) is 0 Å². The number of rotatable bonds is 6. The summed E-state index contributed by atoms with van der Waals surface area (Å²) in [6, 6.07) is -0.168. The van der Waals surface area contributed by atoms with Gasteiger partial charge >= 0.3 is 0 Å². The topological polar surface area (TPSA) is 55.1 Å². The minimum Gasteiger partial charge on any atom is -0.352 e. The first-order valence-corrected chi connectivity index (χ1v) is 5.87. The van der Waals surface area contributed by atoms with Crippen LogP contribution >= 0.6 is 11.8 Å². The zero-order valence-electron chi connectivity index (χ0n) is 8.67. The highest BCUT2D eigenvalue weighted by atomic mass is 32.2. The van der Waals surface area contributed by atoms with E-state index in [-0.39, 0.29) is 11.9 Å². The van der Waals surface area contributed by atoms with Crippen molar-refractivity contribution in [2.45, 2.75) is 39.3 Å². The fraction of sp³-hybridized carbons (Fsp3) is 0.889.